The summed E-state index contributed by atoms with van der Waals surface area (Å²) in [6.45, 7) is 5.41. The molecular weight excluding hydrogens is 572 g/mol. The summed E-state index contributed by atoms with van der Waals surface area (Å²) in [6.07, 6.45) is 2.82. The molecule has 0 aromatic heterocycles. The lowest BCUT2D eigenvalue weighted by Gasteiger charge is -2.16. The molecule has 0 saturated carbocycles. The molecule has 0 spiro atoms. The lowest BCUT2D eigenvalue weighted by molar-refractivity contribution is -0.144. The Bertz CT molecular complexity index is 1380. The maximum absolute atomic E-state index is 12.5. The largest absolute Gasteiger partial charge is 0.481 e. The molecule has 4 atom stereocenters. The third kappa shape index (κ3) is 12.8. The van der Waals surface area contributed by atoms with Crippen molar-refractivity contribution in [3.8, 4) is 0 Å². The van der Waals surface area contributed by atoms with Gasteiger partial charge in [-0.1, -0.05) is 135 Å². The monoisotopic (exact) mass is 618 g/mol. The minimum atomic E-state index is -0.908. The number of hydrogen-bond donors (Lipinski definition) is 1. The standard InChI is InChI=1S/C21H24O2.C20H22O3/c1-16(13-18-9-5-3-6-10-18)21(23)15-20(17(2)22)14-19-11-7-4-8-12-19;1-15(12-16-8-4-2-5-9-16)19(21)14-18(20(22)23)13-17-10-6-3-7-11-17/h3-12,16,20H,13-15H2,1-2H3;2-11,15,18H,12-14H2,1H3,(H,22,23)/t16-,20?;15-,18-/m11/s1. The van der Waals surface area contributed by atoms with Gasteiger partial charge in [-0.3, -0.25) is 19.2 Å². The highest BCUT2D eigenvalue weighted by Crippen LogP contribution is 2.20. The number of benzene rings is 4. The van der Waals surface area contributed by atoms with Crippen LogP contribution in [0.5, 0.6) is 0 Å². The lowest BCUT2D eigenvalue weighted by atomic mass is 9.86. The smallest absolute Gasteiger partial charge is 0.307 e. The summed E-state index contributed by atoms with van der Waals surface area (Å²) in [5, 5.41) is 9.40. The molecule has 0 bridgehead atoms. The van der Waals surface area contributed by atoms with E-state index in [0.29, 0.717) is 25.7 Å². The summed E-state index contributed by atoms with van der Waals surface area (Å²) in [5.41, 5.74) is 4.32. The van der Waals surface area contributed by atoms with E-state index in [2.05, 4.69) is 0 Å². The van der Waals surface area contributed by atoms with Crippen LogP contribution >= 0.6 is 0 Å². The van der Waals surface area contributed by atoms with Crippen molar-refractivity contribution in [3.05, 3.63) is 144 Å². The fraction of sp³-hybridized carbons (Fsp3) is 0.317. The maximum Gasteiger partial charge on any atom is 0.307 e. The molecule has 0 saturated heterocycles. The zero-order valence-electron chi connectivity index (χ0n) is 27.2. The molecule has 0 radical (unpaired) electrons. The molecule has 5 heteroatoms. The summed E-state index contributed by atoms with van der Waals surface area (Å²) in [6, 6.07) is 39.2. The van der Waals surface area contributed by atoms with Gasteiger partial charge in [0.05, 0.1) is 5.92 Å². The quantitative estimate of drug-likeness (QED) is 0.137. The van der Waals surface area contributed by atoms with Crippen molar-refractivity contribution in [2.24, 2.45) is 23.7 Å². The van der Waals surface area contributed by atoms with Gasteiger partial charge in [0.15, 0.2) is 0 Å². The van der Waals surface area contributed by atoms with Crippen molar-refractivity contribution in [3.63, 3.8) is 0 Å². The van der Waals surface area contributed by atoms with Crippen LogP contribution in [0.15, 0.2) is 121 Å². The molecule has 46 heavy (non-hydrogen) atoms. The van der Waals surface area contributed by atoms with Gasteiger partial charge in [0.2, 0.25) is 0 Å². The highest BCUT2D eigenvalue weighted by Gasteiger charge is 2.25. The average Bonchev–Trinajstić information content (AvgIpc) is 3.06. The van der Waals surface area contributed by atoms with E-state index in [9.17, 15) is 24.3 Å². The molecule has 0 fully saturated rings. The van der Waals surface area contributed by atoms with E-state index in [1.165, 1.54) is 0 Å². The van der Waals surface area contributed by atoms with Gasteiger partial charge < -0.3 is 5.11 Å². The number of rotatable bonds is 16. The minimum absolute atomic E-state index is 0.0113. The van der Waals surface area contributed by atoms with E-state index < -0.39 is 11.9 Å². The van der Waals surface area contributed by atoms with Crippen molar-refractivity contribution in [1.82, 2.24) is 0 Å². The molecule has 5 nitrogen and oxygen atoms in total. The van der Waals surface area contributed by atoms with Gasteiger partial charge in [-0.15, -0.1) is 0 Å². The van der Waals surface area contributed by atoms with Gasteiger partial charge in [-0.2, -0.15) is 0 Å². The van der Waals surface area contributed by atoms with Crippen LogP contribution < -0.4 is 0 Å². The van der Waals surface area contributed by atoms with E-state index >= 15 is 0 Å². The van der Waals surface area contributed by atoms with Gasteiger partial charge in [0.25, 0.3) is 0 Å². The molecule has 240 valence electrons. The van der Waals surface area contributed by atoms with Crippen LogP contribution in [-0.4, -0.2) is 28.4 Å². The lowest BCUT2D eigenvalue weighted by Crippen LogP contribution is -2.24. The predicted octanol–water partition coefficient (Wildman–Crippen LogP) is 8.04. The van der Waals surface area contributed by atoms with Gasteiger partial charge in [0.1, 0.15) is 17.3 Å². The number of ketones is 3. The second-order valence-corrected chi connectivity index (χ2v) is 12.2. The summed E-state index contributed by atoms with van der Waals surface area (Å²) < 4.78 is 0. The zero-order chi connectivity index (χ0) is 33.3. The van der Waals surface area contributed by atoms with Crippen LogP contribution in [0.2, 0.25) is 0 Å². The van der Waals surface area contributed by atoms with Crippen LogP contribution in [0.3, 0.4) is 0 Å². The first-order valence-electron chi connectivity index (χ1n) is 16.1. The first-order valence-corrected chi connectivity index (χ1v) is 16.1. The van der Waals surface area contributed by atoms with Crippen molar-refractivity contribution < 1.29 is 24.3 Å². The van der Waals surface area contributed by atoms with Crippen molar-refractivity contribution in [2.45, 2.75) is 59.3 Å². The second kappa shape index (κ2) is 19.0. The number of Topliss-reactive ketones (excluding diaryl/α,β-unsaturated/α-hetero) is 3. The zero-order valence-corrected chi connectivity index (χ0v) is 27.2. The second-order valence-electron chi connectivity index (χ2n) is 12.2. The molecule has 0 aliphatic carbocycles. The highest BCUT2D eigenvalue weighted by molar-refractivity contribution is 5.88. The van der Waals surface area contributed by atoms with E-state index in [1.807, 2.05) is 135 Å². The third-order valence-corrected chi connectivity index (χ3v) is 8.34. The molecule has 1 unspecified atom stereocenters. The Morgan fingerprint density at radius 1 is 0.478 bits per heavy atom. The Kier molecular flexibility index (Phi) is 14.8. The van der Waals surface area contributed by atoms with Crippen LogP contribution in [-0.2, 0) is 44.9 Å². The maximum atomic E-state index is 12.5. The SMILES string of the molecule is CC(=O)C(CC(=O)[C@H](C)Cc1ccccc1)Cc1ccccc1.C[C@H](Cc1ccccc1)C(=O)C[C@@H](Cc1ccccc1)C(=O)O. The number of carboxylic acids is 1. The van der Waals surface area contributed by atoms with Crippen LogP contribution in [0.1, 0.15) is 55.9 Å². The predicted molar refractivity (Wildman–Crippen MR) is 183 cm³/mol. The molecule has 1 N–H and O–H groups in total. The first-order chi connectivity index (χ1) is 22.1. The Balaban J connectivity index is 0.000000250. The van der Waals surface area contributed by atoms with Gasteiger partial charge in [-0.05, 0) is 54.9 Å². The molecule has 0 amide bonds. The van der Waals surface area contributed by atoms with Crippen molar-refractivity contribution >= 4 is 23.3 Å². The van der Waals surface area contributed by atoms with E-state index in [-0.39, 0.29) is 41.5 Å². The third-order valence-electron chi connectivity index (χ3n) is 8.34. The average molecular weight is 619 g/mol. The summed E-state index contributed by atoms with van der Waals surface area (Å²) in [4.78, 5) is 48.3. The Morgan fingerprint density at radius 3 is 1.07 bits per heavy atom. The Morgan fingerprint density at radius 2 is 0.761 bits per heavy atom. The van der Waals surface area contributed by atoms with Crippen LogP contribution in [0, 0.1) is 23.7 Å². The fourth-order valence-corrected chi connectivity index (χ4v) is 5.45. The summed E-state index contributed by atoms with van der Waals surface area (Å²) in [5.74, 6) is -1.75. The number of hydrogen-bond acceptors (Lipinski definition) is 4. The molecule has 4 aromatic rings. The van der Waals surface area contributed by atoms with Crippen LogP contribution in [0.4, 0.5) is 0 Å². The molecule has 4 rings (SSSR count). The number of carbonyl (C=O) groups is 4. The molecule has 0 aliphatic heterocycles. The minimum Gasteiger partial charge on any atom is -0.481 e. The topological polar surface area (TPSA) is 88.5 Å². The van der Waals surface area contributed by atoms with E-state index in [0.717, 1.165) is 28.7 Å². The number of carboxylic acid groups (broad SMARTS) is 1. The molecule has 0 aliphatic rings. The first kappa shape index (κ1) is 35.8. The normalized spacial score (nSPS) is 13.3. The van der Waals surface area contributed by atoms with Crippen LogP contribution in [0.25, 0.3) is 0 Å². The van der Waals surface area contributed by atoms with E-state index in [1.54, 1.807) is 6.92 Å². The van der Waals surface area contributed by atoms with Crippen molar-refractivity contribution in [1.29, 1.82) is 0 Å². The fourth-order valence-electron chi connectivity index (χ4n) is 5.45. The van der Waals surface area contributed by atoms with Crippen molar-refractivity contribution in [2.75, 3.05) is 0 Å². The van der Waals surface area contributed by atoms with E-state index in [4.69, 9.17) is 0 Å². The van der Waals surface area contributed by atoms with Gasteiger partial charge >= 0.3 is 5.97 Å². The molecular formula is C41H46O5. The summed E-state index contributed by atoms with van der Waals surface area (Å²) in [7, 11) is 0. The Labute approximate surface area is 273 Å². The van der Waals surface area contributed by atoms with Gasteiger partial charge in [-0.25, -0.2) is 0 Å². The summed E-state index contributed by atoms with van der Waals surface area (Å²) >= 11 is 0. The van der Waals surface area contributed by atoms with Gasteiger partial charge in [0, 0.05) is 30.6 Å². The Hall–Kier alpha value is -4.64. The number of aliphatic carboxylic acids is 1. The highest BCUT2D eigenvalue weighted by atomic mass is 16.4. The number of carbonyl (C=O) groups excluding carboxylic acids is 3. The molecule has 4 aromatic carbocycles. The molecule has 0 heterocycles.